The van der Waals surface area contributed by atoms with Gasteiger partial charge < -0.3 is 10.4 Å². The van der Waals surface area contributed by atoms with Crippen molar-refractivity contribution in [1.82, 2.24) is 15.1 Å². The molecule has 2 N–H and O–H groups in total. The molecule has 1 heterocycles. The van der Waals surface area contributed by atoms with Crippen LogP contribution in [0.1, 0.15) is 18.5 Å². The average molecular weight is 257 g/mol. The highest BCUT2D eigenvalue weighted by atomic mass is 16.3. The Labute approximate surface area is 113 Å². The Morgan fingerprint density at radius 2 is 2.05 bits per heavy atom. The number of aromatic nitrogens is 2. The van der Waals surface area contributed by atoms with E-state index < -0.39 is 0 Å². The maximum absolute atomic E-state index is 9.76. The molecule has 1 fully saturated rings. The number of benzene rings is 1. The maximum Gasteiger partial charge on any atom is 0.0766 e. The van der Waals surface area contributed by atoms with Crippen molar-refractivity contribution in [3.05, 3.63) is 48.3 Å². The van der Waals surface area contributed by atoms with Crippen molar-refractivity contribution < 1.29 is 5.11 Å². The molecule has 0 bridgehead atoms. The summed E-state index contributed by atoms with van der Waals surface area (Å²) in [5.41, 5.74) is 2.05. The van der Waals surface area contributed by atoms with E-state index in [4.69, 9.17) is 0 Å². The predicted octanol–water partition coefficient (Wildman–Crippen LogP) is 1.73. The third-order valence-corrected chi connectivity index (χ3v) is 3.49. The van der Waals surface area contributed by atoms with E-state index in [1.807, 2.05) is 47.3 Å². The number of para-hydroxylation sites is 1. The fourth-order valence-electron chi connectivity index (χ4n) is 2.18. The van der Waals surface area contributed by atoms with Crippen molar-refractivity contribution >= 4 is 0 Å². The van der Waals surface area contributed by atoms with E-state index in [0.29, 0.717) is 19.0 Å². The molecule has 1 unspecified atom stereocenters. The third kappa shape index (κ3) is 3.22. The van der Waals surface area contributed by atoms with Gasteiger partial charge >= 0.3 is 0 Å². The van der Waals surface area contributed by atoms with Gasteiger partial charge in [-0.05, 0) is 37.0 Å². The molecular formula is C15H19N3O. The molecule has 0 amide bonds. The first kappa shape index (κ1) is 12.4. The fraction of sp³-hybridized carbons (Fsp3) is 0.400. The van der Waals surface area contributed by atoms with Crippen molar-refractivity contribution in [3.8, 4) is 5.69 Å². The van der Waals surface area contributed by atoms with Crippen LogP contribution in [0, 0.1) is 5.92 Å². The minimum Gasteiger partial charge on any atom is -0.392 e. The molecule has 0 saturated heterocycles. The van der Waals surface area contributed by atoms with Crippen LogP contribution in [0.3, 0.4) is 0 Å². The van der Waals surface area contributed by atoms with Crippen LogP contribution < -0.4 is 5.32 Å². The van der Waals surface area contributed by atoms with E-state index in [1.165, 1.54) is 12.8 Å². The molecule has 100 valence electrons. The van der Waals surface area contributed by atoms with Crippen LogP contribution in [-0.4, -0.2) is 27.5 Å². The summed E-state index contributed by atoms with van der Waals surface area (Å²) in [6.45, 7) is 1.35. The van der Waals surface area contributed by atoms with Crippen molar-refractivity contribution in [1.29, 1.82) is 0 Å². The molecule has 1 aliphatic rings. The molecule has 4 heteroatoms. The van der Waals surface area contributed by atoms with Gasteiger partial charge in [0.05, 0.1) is 17.5 Å². The lowest BCUT2D eigenvalue weighted by molar-refractivity contribution is 0.148. The number of aliphatic hydroxyl groups excluding tert-OH is 1. The molecule has 1 aliphatic carbocycles. The predicted molar refractivity (Wildman–Crippen MR) is 74.0 cm³/mol. The molecule has 1 atom stereocenters. The highest BCUT2D eigenvalue weighted by Crippen LogP contribution is 2.32. The molecule has 4 nitrogen and oxygen atoms in total. The molecular weight excluding hydrogens is 238 g/mol. The van der Waals surface area contributed by atoms with Crippen LogP contribution in [0.25, 0.3) is 5.69 Å². The molecule has 0 radical (unpaired) electrons. The van der Waals surface area contributed by atoms with Gasteiger partial charge in [-0.1, -0.05) is 18.2 Å². The monoisotopic (exact) mass is 257 g/mol. The van der Waals surface area contributed by atoms with Crippen molar-refractivity contribution in [2.45, 2.75) is 25.5 Å². The van der Waals surface area contributed by atoms with Crippen LogP contribution in [0.5, 0.6) is 0 Å². The first-order chi connectivity index (χ1) is 9.33. The van der Waals surface area contributed by atoms with Crippen molar-refractivity contribution in [2.24, 2.45) is 5.92 Å². The molecule has 0 aliphatic heterocycles. The number of aliphatic hydroxyl groups is 1. The Balaban J connectivity index is 1.53. The lowest BCUT2D eigenvalue weighted by Gasteiger charge is -2.09. The zero-order chi connectivity index (χ0) is 13.1. The minimum absolute atomic E-state index is 0.198. The standard InChI is InChI=1S/C15H19N3O/c19-15(12-6-7-12)11-16-10-13-8-9-18(17-13)14-4-2-1-3-5-14/h1-5,8-9,12,15-16,19H,6-7,10-11H2. The molecule has 1 saturated carbocycles. The summed E-state index contributed by atoms with van der Waals surface area (Å²) in [5, 5.41) is 17.5. The van der Waals surface area contributed by atoms with Gasteiger partial charge in [-0.25, -0.2) is 4.68 Å². The van der Waals surface area contributed by atoms with Gasteiger partial charge in [-0.15, -0.1) is 0 Å². The van der Waals surface area contributed by atoms with E-state index in [-0.39, 0.29) is 6.10 Å². The van der Waals surface area contributed by atoms with E-state index in [9.17, 15) is 5.11 Å². The van der Waals surface area contributed by atoms with E-state index >= 15 is 0 Å². The Hall–Kier alpha value is -1.65. The quantitative estimate of drug-likeness (QED) is 0.828. The Bertz CT molecular complexity index is 519. The maximum atomic E-state index is 9.76. The van der Waals surface area contributed by atoms with Gasteiger partial charge in [-0.3, -0.25) is 0 Å². The number of nitrogens with zero attached hydrogens (tertiary/aromatic N) is 2. The molecule has 0 spiro atoms. The van der Waals surface area contributed by atoms with Gasteiger partial charge in [0.15, 0.2) is 0 Å². The lowest BCUT2D eigenvalue weighted by Crippen LogP contribution is -2.28. The van der Waals surface area contributed by atoms with Crippen molar-refractivity contribution in [3.63, 3.8) is 0 Å². The van der Waals surface area contributed by atoms with E-state index in [0.717, 1.165) is 11.4 Å². The Morgan fingerprint density at radius 3 is 2.79 bits per heavy atom. The summed E-state index contributed by atoms with van der Waals surface area (Å²) in [6, 6.07) is 12.1. The molecule has 2 aromatic rings. The molecule has 3 rings (SSSR count). The van der Waals surface area contributed by atoms with Gasteiger partial charge in [-0.2, -0.15) is 5.10 Å². The van der Waals surface area contributed by atoms with Crippen molar-refractivity contribution in [2.75, 3.05) is 6.54 Å². The van der Waals surface area contributed by atoms with Crippen LogP contribution in [0.4, 0.5) is 0 Å². The summed E-state index contributed by atoms with van der Waals surface area (Å²) >= 11 is 0. The molecule has 1 aromatic carbocycles. The number of hydrogen-bond donors (Lipinski definition) is 2. The van der Waals surface area contributed by atoms with Gasteiger partial charge in [0, 0.05) is 19.3 Å². The number of rotatable bonds is 6. The van der Waals surface area contributed by atoms with E-state index in [2.05, 4.69) is 10.4 Å². The third-order valence-electron chi connectivity index (χ3n) is 3.49. The van der Waals surface area contributed by atoms with Gasteiger partial charge in [0.2, 0.25) is 0 Å². The Morgan fingerprint density at radius 1 is 1.26 bits per heavy atom. The summed E-state index contributed by atoms with van der Waals surface area (Å²) in [7, 11) is 0. The second-order valence-corrected chi connectivity index (χ2v) is 5.12. The first-order valence-electron chi connectivity index (χ1n) is 6.82. The highest BCUT2D eigenvalue weighted by Gasteiger charge is 2.29. The zero-order valence-corrected chi connectivity index (χ0v) is 10.9. The van der Waals surface area contributed by atoms with E-state index in [1.54, 1.807) is 0 Å². The molecule has 19 heavy (non-hydrogen) atoms. The van der Waals surface area contributed by atoms with Crippen LogP contribution in [0.15, 0.2) is 42.6 Å². The van der Waals surface area contributed by atoms with Crippen LogP contribution in [0.2, 0.25) is 0 Å². The number of nitrogens with one attached hydrogen (secondary N) is 1. The van der Waals surface area contributed by atoms with Crippen LogP contribution >= 0.6 is 0 Å². The van der Waals surface area contributed by atoms with Crippen LogP contribution in [-0.2, 0) is 6.54 Å². The van der Waals surface area contributed by atoms with Gasteiger partial charge in [0.25, 0.3) is 0 Å². The second-order valence-electron chi connectivity index (χ2n) is 5.12. The molecule has 1 aromatic heterocycles. The summed E-state index contributed by atoms with van der Waals surface area (Å²) < 4.78 is 1.87. The Kier molecular flexibility index (Phi) is 3.62. The zero-order valence-electron chi connectivity index (χ0n) is 10.9. The smallest absolute Gasteiger partial charge is 0.0766 e. The lowest BCUT2D eigenvalue weighted by atomic mass is 10.2. The summed E-state index contributed by atoms with van der Waals surface area (Å²) in [4.78, 5) is 0. The second kappa shape index (κ2) is 5.55. The summed E-state index contributed by atoms with van der Waals surface area (Å²) in [6.07, 6.45) is 4.11. The highest BCUT2D eigenvalue weighted by molar-refractivity contribution is 5.30. The first-order valence-corrected chi connectivity index (χ1v) is 6.82. The number of hydrogen-bond acceptors (Lipinski definition) is 3. The largest absolute Gasteiger partial charge is 0.392 e. The minimum atomic E-state index is -0.198. The average Bonchev–Trinajstić information content (AvgIpc) is 3.20. The fourth-order valence-corrected chi connectivity index (χ4v) is 2.18. The van der Waals surface area contributed by atoms with Gasteiger partial charge in [0.1, 0.15) is 0 Å². The summed E-state index contributed by atoms with van der Waals surface area (Å²) in [5.74, 6) is 0.523. The SMILES string of the molecule is OC(CNCc1ccn(-c2ccccc2)n1)C1CC1. The normalized spacial score (nSPS) is 16.5. The topological polar surface area (TPSA) is 50.1 Å².